The molecule has 1 atom stereocenters. The van der Waals surface area contributed by atoms with Crippen LogP contribution in [0.4, 0.5) is 0 Å². The van der Waals surface area contributed by atoms with Gasteiger partial charge in [-0.3, -0.25) is 0 Å². The van der Waals surface area contributed by atoms with Gasteiger partial charge in [0.2, 0.25) is 0 Å². The van der Waals surface area contributed by atoms with E-state index in [0.29, 0.717) is 5.71 Å². The number of rotatable bonds is 5. The summed E-state index contributed by atoms with van der Waals surface area (Å²) in [6.45, 7) is 14.7. The molecule has 30 heavy (non-hydrogen) atoms. The number of nitrogens with one attached hydrogen (secondary N) is 1. The van der Waals surface area contributed by atoms with Gasteiger partial charge in [-0.25, -0.2) is 4.98 Å². The summed E-state index contributed by atoms with van der Waals surface area (Å²) in [5.41, 5.74) is 4.09. The first-order valence-corrected chi connectivity index (χ1v) is 10.8. The molecule has 5 heteroatoms. The summed E-state index contributed by atoms with van der Waals surface area (Å²) in [6.07, 6.45) is 2.26. The molecular formula is C25H40N4O. The van der Waals surface area contributed by atoms with E-state index in [9.17, 15) is 5.11 Å². The Morgan fingerprint density at radius 1 is 1.07 bits per heavy atom. The van der Waals surface area contributed by atoms with Crippen molar-refractivity contribution in [3.63, 3.8) is 0 Å². The summed E-state index contributed by atoms with van der Waals surface area (Å²) in [4.78, 5) is 7.48. The summed E-state index contributed by atoms with van der Waals surface area (Å²) < 4.78 is 0. The van der Waals surface area contributed by atoms with Crippen molar-refractivity contribution in [2.45, 2.75) is 61.0 Å². The molecule has 0 radical (unpaired) electrons. The van der Waals surface area contributed by atoms with Crippen molar-refractivity contribution >= 4 is 5.71 Å². The van der Waals surface area contributed by atoms with Crippen LogP contribution in [-0.2, 0) is 6.42 Å². The maximum Gasteiger partial charge on any atom is 0.102 e. The lowest BCUT2D eigenvalue weighted by Gasteiger charge is -2.15. The molecule has 1 aromatic carbocycles. The van der Waals surface area contributed by atoms with E-state index >= 15 is 0 Å². The van der Waals surface area contributed by atoms with Crippen LogP contribution >= 0.6 is 0 Å². The van der Waals surface area contributed by atoms with E-state index in [0.717, 1.165) is 24.4 Å². The smallest absolute Gasteiger partial charge is 0.102 e. The van der Waals surface area contributed by atoms with E-state index in [1.807, 2.05) is 82.3 Å². The normalized spacial score (nSPS) is 11.2. The Hall–Kier alpha value is -2.66. The summed E-state index contributed by atoms with van der Waals surface area (Å²) >= 11 is 0. The van der Waals surface area contributed by atoms with Gasteiger partial charge >= 0.3 is 0 Å². The molecule has 0 aliphatic carbocycles. The molecule has 0 saturated carbocycles. The number of hydrogen-bond acceptors (Lipinski definition) is 4. The van der Waals surface area contributed by atoms with E-state index in [1.54, 1.807) is 6.92 Å². The molecule has 2 aromatic rings. The lowest BCUT2D eigenvalue weighted by atomic mass is 10.1. The van der Waals surface area contributed by atoms with Crippen LogP contribution in [0, 0.1) is 13.8 Å². The van der Waals surface area contributed by atoms with Crippen LogP contribution in [-0.4, -0.2) is 45.5 Å². The Labute approximate surface area is 183 Å². The SMILES string of the molecule is CC.CCN(C)/N=C(/c1ccccc1)C(C)O.CCc1ccc(C)ccnc(C)[nH]1. The van der Waals surface area contributed by atoms with Crippen LogP contribution in [0.5, 0.6) is 0 Å². The lowest BCUT2D eigenvalue weighted by Crippen LogP contribution is -2.23. The van der Waals surface area contributed by atoms with Gasteiger partial charge in [-0.15, -0.1) is 0 Å². The maximum absolute atomic E-state index is 9.65. The second-order valence-electron chi connectivity index (χ2n) is 6.61. The topological polar surface area (TPSA) is 64.5 Å². The van der Waals surface area contributed by atoms with Gasteiger partial charge < -0.3 is 15.1 Å². The summed E-state index contributed by atoms with van der Waals surface area (Å²) in [5.74, 6) is 0.937. The zero-order valence-electron chi connectivity index (χ0n) is 20.0. The second-order valence-corrected chi connectivity index (χ2v) is 6.61. The predicted molar refractivity (Wildman–Crippen MR) is 129 cm³/mol. The first-order valence-electron chi connectivity index (χ1n) is 10.8. The minimum atomic E-state index is -0.554. The third kappa shape index (κ3) is 11.4. The number of H-pyrrole nitrogens is 1. The number of benzene rings is 1. The molecule has 2 N–H and O–H groups in total. The Kier molecular flexibility index (Phi) is 14.7. The molecule has 166 valence electrons. The van der Waals surface area contributed by atoms with E-state index in [1.165, 1.54) is 11.3 Å². The average molecular weight is 413 g/mol. The van der Waals surface area contributed by atoms with E-state index in [-0.39, 0.29) is 0 Å². The molecule has 2 rings (SSSR count). The monoisotopic (exact) mass is 412 g/mol. The van der Waals surface area contributed by atoms with Gasteiger partial charge in [-0.05, 0) is 51.8 Å². The number of aromatic amines is 1. The predicted octanol–water partition coefficient (Wildman–Crippen LogP) is 5.46. The van der Waals surface area contributed by atoms with Gasteiger partial charge in [0, 0.05) is 31.0 Å². The van der Waals surface area contributed by atoms with Crippen LogP contribution in [0.15, 0.2) is 59.8 Å². The molecule has 0 aliphatic rings. The first-order chi connectivity index (χ1) is 14.4. The third-order valence-corrected chi connectivity index (χ3v) is 4.08. The van der Waals surface area contributed by atoms with Crippen molar-refractivity contribution in [3.05, 3.63) is 77.4 Å². The first kappa shape index (κ1) is 27.3. The maximum atomic E-state index is 9.65. The Morgan fingerprint density at radius 3 is 2.23 bits per heavy atom. The Morgan fingerprint density at radius 2 is 1.70 bits per heavy atom. The number of hydrogen-bond donors (Lipinski definition) is 2. The van der Waals surface area contributed by atoms with Crippen LogP contribution in [0.3, 0.4) is 0 Å². The van der Waals surface area contributed by atoms with E-state index < -0.39 is 6.10 Å². The van der Waals surface area contributed by atoms with Gasteiger partial charge in [0.15, 0.2) is 0 Å². The summed E-state index contributed by atoms with van der Waals surface area (Å²) in [7, 11) is 1.89. The number of aryl methyl sites for hydroxylation is 3. The number of aliphatic hydroxyl groups is 1. The van der Waals surface area contributed by atoms with Crippen molar-refractivity contribution in [2.24, 2.45) is 5.10 Å². The molecule has 5 nitrogen and oxygen atoms in total. The van der Waals surface area contributed by atoms with Gasteiger partial charge in [-0.1, -0.05) is 57.2 Å². The largest absolute Gasteiger partial charge is 0.387 e. The van der Waals surface area contributed by atoms with Gasteiger partial charge in [0.25, 0.3) is 0 Å². The highest BCUT2D eigenvalue weighted by Crippen LogP contribution is 2.06. The zero-order chi connectivity index (χ0) is 22.9. The standard InChI is InChI=1S/C12H18N2O.C11H16N2.C2H6/c1-4-14(3)13-12(10(2)15)11-8-6-5-7-9-11;1-4-11-6-5-9(2)7-8-12-10(3)13-11;1-2/h5-10,15H,4H2,1-3H3;5-8H,4H2,1-3H3,(H,12,13);1-2H3/b13-12+;;. The highest BCUT2D eigenvalue weighted by atomic mass is 16.3. The summed E-state index contributed by atoms with van der Waals surface area (Å²) in [5, 5.41) is 15.8. The lowest BCUT2D eigenvalue weighted by molar-refractivity contribution is 0.256. The van der Waals surface area contributed by atoms with Crippen molar-refractivity contribution in [2.75, 3.05) is 13.6 Å². The molecule has 0 aliphatic heterocycles. The van der Waals surface area contributed by atoms with Gasteiger partial charge in [-0.2, -0.15) is 5.10 Å². The van der Waals surface area contributed by atoms with Crippen molar-refractivity contribution < 1.29 is 5.11 Å². The molecule has 0 saturated heterocycles. The van der Waals surface area contributed by atoms with Crippen molar-refractivity contribution in [1.29, 1.82) is 0 Å². The van der Waals surface area contributed by atoms with Crippen LogP contribution in [0.1, 0.15) is 57.3 Å². The Bertz CT molecular complexity index is 781. The molecule has 0 fully saturated rings. The molecule has 1 aromatic heterocycles. The molecule has 1 unspecified atom stereocenters. The van der Waals surface area contributed by atoms with Gasteiger partial charge in [0.1, 0.15) is 5.82 Å². The minimum absolute atomic E-state index is 0.554. The quantitative estimate of drug-likeness (QED) is 0.506. The van der Waals surface area contributed by atoms with E-state index in [4.69, 9.17) is 0 Å². The van der Waals surface area contributed by atoms with Crippen molar-refractivity contribution in [1.82, 2.24) is 15.0 Å². The molecular weight excluding hydrogens is 372 g/mol. The number of hydrazone groups is 1. The van der Waals surface area contributed by atoms with Crippen LogP contribution in [0.25, 0.3) is 0 Å². The zero-order valence-corrected chi connectivity index (χ0v) is 20.0. The van der Waals surface area contributed by atoms with Crippen molar-refractivity contribution in [3.8, 4) is 0 Å². The summed E-state index contributed by atoms with van der Waals surface area (Å²) in [6, 6.07) is 15.9. The fourth-order valence-corrected chi connectivity index (χ4v) is 2.31. The number of nitrogens with zero attached hydrogens (tertiary/aromatic N) is 3. The van der Waals surface area contributed by atoms with Crippen LogP contribution in [0.2, 0.25) is 0 Å². The van der Waals surface area contributed by atoms with E-state index in [2.05, 4.69) is 41.0 Å². The molecule has 1 heterocycles. The number of aliphatic hydroxyl groups excluding tert-OH is 1. The fourth-order valence-electron chi connectivity index (χ4n) is 2.31. The third-order valence-electron chi connectivity index (χ3n) is 4.08. The van der Waals surface area contributed by atoms with Crippen LogP contribution < -0.4 is 0 Å². The molecule has 0 amide bonds. The minimum Gasteiger partial charge on any atom is -0.387 e. The highest BCUT2D eigenvalue weighted by Gasteiger charge is 2.10. The fraction of sp³-hybridized carbons (Fsp3) is 0.440. The molecule has 0 bridgehead atoms. The van der Waals surface area contributed by atoms with Gasteiger partial charge in [0.05, 0.1) is 11.8 Å². The second kappa shape index (κ2) is 16.2. The highest BCUT2D eigenvalue weighted by molar-refractivity contribution is 6.03. The molecule has 0 spiro atoms. The average Bonchev–Trinajstić information content (AvgIpc) is 2.84. The number of aromatic nitrogens is 2. The Balaban J connectivity index is 0.000000522.